The molecule has 110 valence electrons. The molecule has 2 aliphatic heterocycles. The van der Waals surface area contributed by atoms with Crippen LogP contribution >= 0.6 is 11.3 Å². The number of amides is 1. The molecule has 3 rings (SSSR count). The minimum Gasteiger partial charge on any atom is -0.337 e. The van der Waals surface area contributed by atoms with Crippen LogP contribution in [0.1, 0.15) is 24.3 Å². The summed E-state index contributed by atoms with van der Waals surface area (Å²) in [6.07, 6.45) is 1.02. The molecular weight excluding hydrogens is 270 g/mol. The second kappa shape index (κ2) is 5.47. The minimum atomic E-state index is 0.0667. The van der Waals surface area contributed by atoms with Gasteiger partial charge >= 0.3 is 0 Å². The van der Waals surface area contributed by atoms with E-state index in [-0.39, 0.29) is 11.4 Å². The van der Waals surface area contributed by atoms with E-state index in [1.54, 1.807) is 0 Å². The molecule has 0 aliphatic carbocycles. The van der Waals surface area contributed by atoms with Crippen molar-refractivity contribution in [2.24, 2.45) is 0 Å². The number of carbonyl (C=O) groups excluding carboxylic acids is 1. The number of piperazine rings is 1. The van der Waals surface area contributed by atoms with Gasteiger partial charge in [-0.05, 0) is 37.3 Å². The fourth-order valence-electron chi connectivity index (χ4n) is 3.04. The zero-order valence-corrected chi connectivity index (χ0v) is 13.1. The third kappa shape index (κ3) is 2.75. The van der Waals surface area contributed by atoms with Crippen LogP contribution in [0.25, 0.3) is 0 Å². The minimum absolute atomic E-state index is 0.0667. The smallest absolute Gasteiger partial charge is 0.237 e. The number of thiophene rings is 1. The Morgan fingerprint density at radius 3 is 3.10 bits per heavy atom. The molecule has 0 bridgehead atoms. The lowest BCUT2D eigenvalue weighted by molar-refractivity contribution is -0.135. The largest absolute Gasteiger partial charge is 0.337 e. The molecule has 0 unspecified atom stereocenters. The summed E-state index contributed by atoms with van der Waals surface area (Å²) in [7, 11) is 0. The van der Waals surface area contributed by atoms with E-state index < -0.39 is 0 Å². The van der Waals surface area contributed by atoms with E-state index >= 15 is 0 Å². The van der Waals surface area contributed by atoms with Crippen molar-refractivity contribution in [3.63, 3.8) is 0 Å². The van der Waals surface area contributed by atoms with Gasteiger partial charge in [-0.2, -0.15) is 0 Å². The van der Waals surface area contributed by atoms with Crippen LogP contribution in [-0.2, 0) is 17.8 Å². The van der Waals surface area contributed by atoms with E-state index in [4.69, 9.17) is 0 Å². The van der Waals surface area contributed by atoms with E-state index in [1.807, 2.05) is 16.2 Å². The van der Waals surface area contributed by atoms with Crippen molar-refractivity contribution >= 4 is 17.2 Å². The summed E-state index contributed by atoms with van der Waals surface area (Å²) < 4.78 is 0. The lowest BCUT2D eigenvalue weighted by Crippen LogP contribution is -2.60. The molecule has 4 nitrogen and oxygen atoms in total. The zero-order valence-electron chi connectivity index (χ0n) is 12.3. The number of carbonyl (C=O) groups is 1. The molecule has 1 saturated heterocycles. The van der Waals surface area contributed by atoms with Crippen molar-refractivity contribution in [1.82, 2.24) is 15.1 Å². The maximum absolute atomic E-state index is 12.6. The SMILES string of the molecule is CC1(C)CNCCN1CC(=O)N1CCc2sccc2C1. The standard InChI is InChI=1S/C15H23N3OS/c1-15(2)11-16-5-7-18(15)10-14(19)17-6-3-13-12(9-17)4-8-20-13/h4,8,16H,3,5-7,9-11H2,1-2H3. The third-order valence-electron chi connectivity index (χ3n) is 4.46. The van der Waals surface area contributed by atoms with Crippen molar-refractivity contribution in [2.45, 2.75) is 32.4 Å². The molecule has 0 spiro atoms. The van der Waals surface area contributed by atoms with Gasteiger partial charge in [0, 0.05) is 43.1 Å². The van der Waals surface area contributed by atoms with Crippen LogP contribution < -0.4 is 5.32 Å². The molecule has 1 aromatic rings. The van der Waals surface area contributed by atoms with Gasteiger partial charge in [-0.1, -0.05) is 0 Å². The van der Waals surface area contributed by atoms with Gasteiger partial charge in [-0.25, -0.2) is 0 Å². The topological polar surface area (TPSA) is 35.6 Å². The third-order valence-corrected chi connectivity index (χ3v) is 5.48. The predicted octanol–water partition coefficient (Wildman–Crippen LogP) is 1.32. The first-order valence-corrected chi connectivity index (χ1v) is 8.23. The first-order valence-electron chi connectivity index (χ1n) is 7.35. The summed E-state index contributed by atoms with van der Waals surface area (Å²) in [5.74, 6) is 0.275. The van der Waals surface area contributed by atoms with E-state index in [0.29, 0.717) is 6.54 Å². The molecule has 5 heteroatoms. The highest BCUT2D eigenvalue weighted by molar-refractivity contribution is 7.10. The van der Waals surface area contributed by atoms with Crippen molar-refractivity contribution in [3.8, 4) is 0 Å². The maximum atomic E-state index is 12.6. The van der Waals surface area contributed by atoms with Crippen molar-refractivity contribution in [3.05, 3.63) is 21.9 Å². The van der Waals surface area contributed by atoms with Gasteiger partial charge in [0.1, 0.15) is 0 Å². The van der Waals surface area contributed by atoms with Gasteiger partial charge in [-0.15, -0.1) is 11.3 Å². The number of rotatable bonds is 2. The molecule has 0 saturated carbocycles. The van der Waals surface area contributed by atoms with Gasteiger partial charge in [-0.3, -0.25) is 9.69 Å². The second-order valence-corrected chi connectivity index (χ2v) is 7.35. The maximum Gasteiger partial charge on any atom is 0.237 e. The highest BCUT2D eigenvalue weighted by atomic mass is 32.1. The fourth-order valence-corrected chi connectivity index (χ4v) is 3.93. The molecule has 0 aromatic carbocycles. The van der Waals surface area contributed by atoms with Crippen LogP contribution in [0.4, 0.5) is 0 Å². The van der Waals surface area contributed by atoms with E-state index in [0.717, 1.165) is 39.1 Å². The van der Waals surface area contributed by atoms with Gasteiger partial charge < -0.3 is 10.2 Å². The Morgan fingerprint density at radius 2 is 2.30 bits per heavy atom. The number of fused-ring (bicyclic) bond motifs is 1. The summed E-state index contributed by atoms with van der Waals surface area (Å²) in [4.78, 5) is 18.3. The summed E-state index contributed by atoms with van der Waals surface area (Å²) >= 11 is 1.82. The van der Waals surface area contributed by atoms with Crippen molar-refractivity contribution in [2.75, 3.05) is 32.7 Å². The average Bonchev–Trinajstić information content (AvgIpc) is 2.88. The molecule has 1 aromatic heterocycles. The first kappa shape index (κ1) is 14.0. The van der Waals surface area contributed by atoms with Gasteiger partial charge in [0.2, 0.25) is 5.91 Å². The predicted molar refractivity (Wildman–Crippen MR) is 82.0 cm³/mol. The van der Waals surface area contributed by atoms with Gasteiger partial charge in [0.05, 0.1) is 6.54 Å². The summed E-state index contributed by atoms with van der Waals surface area (Å²) in [5, 5.41) is 5.54. The Bertz CT molecular complexity index is 497. The molecule has 1 fully saturated rings. The molecule has 0 atom stereocenters. The molecule has 1 N–H and O–H groups in total. The van der Waals surface area contributed by atoms with Crippen molar-refractivity contribution < 1.29 is 4.79 Å². The molecule has 0 radical (unpaired) electrons. The van der Waals surface area contributed by atoms with Crippen LogP contribution in [0.3, 0.4) is 0 Å². The fraction of sp³-hybridized carbons (Fsp3) is 0.667. The van der Waals surface area contributed by atoms with Crippen LogP contribution in [-0.4, -0.2) is 54.0 Å². The molecular formula is C15H23N3OS. The lowest BCUT2D eigenvalue weighted by atomic mass is 10.00. The van der Waals surface area contributed by atoms with Crippen LogP contribution in [0, 0.1) is 0 Å². The highest BCUT2D eigenvalue weighted by Crippen LogP contribution is 2.24. The number of nitrogens with zero attached hydrogens (tertiary/aromatic N) is 2. The average molecular weight is 293 g/mol. The Balaban J connectivity index is 1.62. The number of hydrogen-bond donors (Lipinski definition) is 1. The Morgan fingerprint density at radius 1 is 1.45 bits per heavy atom. The van der Waals surface area contributed by atoms with Gasteiger partial charge in [0.25, 0.3) is 0 Å². The Hall–Kier alpha value is -0.910. The monoisotopic (exact) mass is 293 g/mol. The quantitative estimate of drug-likeness (QED) is 0.893. The van der Waals surface area contributed by atoms with E-state index in [1.165, 1.54) is 10.4 Å². The molecule has 1 amide bonds. The summed E-state index contributed by atoms with van der Waals surface area (Å²) in [5.41, 5.74) is 1.41. The number of nitrogens with one attached hydrogen (secondary N) is 1. The normalized spacial score (nSPS) is 22.6. The highest BCUT2D eigenvalue weighted by Gasteiger charge is 2.32. The van der Waals surface area contributed by atoms with Gasteiger partial charge in [0.15, 0.2) is 0 Å². The van der Waals surface area contributed by atoms with E-state index in [9.17, 15) is 4.79 Å². The lowest BCUT2D eigenvalue weighted by Gasteiger charge is -2.43. The van der Waals surface area contributed by atoms with Crippen molar-refractivity contribution in [1.29, 1.82) is 0 Å². The van der Waals surface area contributed by atoms with Crippen LogP contribution in [0.5, 0.6) is 0 Å². The molecule has 3 heterocycles. The van der Waals surface area contributed by atoms with Crippen LogP contribution in [0.15, 0.2) is 11.4 Å². The molecule has 20 heavy (non-hydrogen) atoms. The first-order chi connectivity index (χ1) is 9.56. The van der Waals surface area contributed by atoms with E-state index in [2.05, 4.69) is 35.5 Å². The summed E-state index contributed by atoms with van der Waals surface area (Å²) in [6, 6.07) is 2.16. The number of hydrogen-bond acceptors (Lipinski definition) is 4. The van der Waals surface area contributed by atoms with Crippen LogP contribution in [0.2, 0.25) is 0 Å². The Labute approximate surface area is 124 Å². The zero-order chi connectivity index (χ0) is 14.2. The molecule has 2 aliphatic rings. The second-order valence-electron chi connectivity index (χ2n) is 6.35. The summed E-state index contributed by atoms with van der Waals surface area (Å²) in [6.45, 7) is 9.52. The Kier molecular flexibility index (Phi) is 3.84.